The Morgan fingerprint density at radius 3 is 2.69 bits per heavy atom. The van der Waals surface area contributed by atoms with Crippen LogP contribution in [0.4, 0.5) is 5.82 Å². The summed E-state index contributed by atoms with van der Waals surface area (Å²) in [5.41, 5.74) is 1.07. The van der Waals surface area contributed by atoms with E-state index in [-0.39, 0.29) is 34.1 Å². The van der Waals surface area contributed by atoms with E-state index >= 15 is 0 Å². The number of fused-ring (bicyclic) bond motifs is 1. The molecule has 0 aliphatic rings. The number of benzene rings is 1. The number of halogens is 2. The summed E-state index contributed by atoms with van der Waals surface area (Å²) < 4.78 is 1.65. The summed E-state index contributed by atoms with van der Waals surface area (Å²) >= 11 is 13.3. The van der Waals surface area contributed by atoms with Crippen molar-refractivity contribution in [2.75, 3.05) is 11.1 Å². The number of anilines is 1. The lowest BCUT2D eigenvalue weighted by atomic mass is 10.2. The predicted octanol–water partition coefficient (Wildman–Crippen LogP) is 5.11. The van der Waals surface area contributed by atoms with Crippen LogP contribution in [0.3, 0.4) is 0 Å². The zero-order valence-electron chi connectivity index (χ0n) is 16.2. The van der Waals surface area contributed by atoms with Crippen molar-refractivity contribution in [2.24, 2.45) is 0 Å². The van der Waals surface area contributed by atoms with Crippen molar-refractivity contribution in [1.29, 1.82) is 0 Å². The smallest absolute Gasteiger partial charge is 0.262 e. The molecule has 1 unspecified atom stereocenters. The predicted molar refractivity (Wildman–Crippen MR) is 119 cm³/mol. The maximum Gasteiger partial charge on any atom is 0.262 e. The lowest BCUT2D eigenvalue weighted by molar-refractivity contribution is -0.113. The van der Waals surface area contributed by atoms with E-state index in [2.05, 4.69) is 15.3 Å². The third-order valence-electron chi connectivity index (χ3n) is 4.50. The van der Waals surface area contributed by atoms with Crippen molar-refractivity contribution in [3.63, 3.8) is 0 Å². The summed E-state index contributed by atoms with van der Waals surface area (Å²) in [6, 6.07) is 8.71. The van der Waals surface area contributed by atoms with Crippen molar-refractivity contribution < 1.29 is 4.79 Å². The molecule has 1 N–H and O–H groups in total. The van der Waals surface area contributed by atoms with Gasteiger partial charge in [0.1, 0.15) is 0 Å². The van der Waals surface area contributed by atoms with E-state index in [1.165, 1.54) is 11.8 Å². The largest absolute Gasteiger partial charge is 0.309 e. The van der Waals surface area contributed by atoms with Crippen molar-refractivity contribution >= 4 is 57.6 Å². The number of thioether (sulfide) groups is 1. The van der Waals surface area contributed by atoms with E-state index in [1.54, 1.807) is 29.7 Å². The number of hydrogen-bond acceptors (Lipinski definition) is 5. The van der Waals surface area contributed by atoms with Crippen LogP contribution >= 0.6 is 35.0 Å². The minimum Gasteiger partial charge on any atom is -0.309 e. The molecule has 0 aliphatic heterocycles. The van der Waals surface area contributed by atoms with Crippen LogP contribution in [0.5, 0.6) is 0 Å². The number of para-hydroxylation sites is 1. The number of rotatable bonds is 6. The third kappa shape index (κ3) is 4.74. The zero-order valence-corrected chi connectivity index (χ0v) is 18.5. The van der Waals surface area contributed by atoms with Gasteiger partial charge in [-0.2, -0.15) is 0 Å². The first-order valence-corrected chi connectivity index (χ1v) is 10.8. The quantitative estimate of drug-likeness (QED) is 0.417. The van der Waals surface area contributed by atoms with Crippen LogP contribution in [0.15, 0.2) is 40.3 Å². The van der Waals surface area contributed by atoms with E-state index in [4.69, 9.17) is 23.2 Å². The van der Waals surface area contributed by atoms with Crippen molar-refractivity contribution in [3.8, 4) is 0 Å². The van der Waals surface area contributed by atoms with E-state index in [1.807, 2.05) is 26.0 Å². The number of carbonyl (C=O) groups excluding carboxylic acids is 1. The Balaban J connectivity index is 1.85. The van der Waals surface area contributed by atoms with Gasteiger partial charge in [-0.1, -0.05) is 54.0 Å². The molecule has 152 valence electrons. The number of aryl methyl sites for hydroxylation is 1. The molecule has 0 saturated heterocycles. The molecule has 1 amide bonds. The first-order chi connectivity index (χ1) is 13.8. The van der Waals surface area contributed by atoms with Crippen molar-refractivity contribution in [3.05, 3.63) is 56.4 Å². The highest BCUT2D eigenvalue weighted by molar-refractivity contribution is 7.99. The molecule has 0 saturated carbocycles. The van der Waals surface area contributed by atoms with E-state index in [0.717, 1.165) is 6.42 Å². The van der Waals surface area contributed by atoms with Gasteiger partial charge in [0.05, 0.1) is 32.4 Å². The second kappa shape index (κ2) is 9.15. The Morgan fingerprint density at radius 2 is 1.97 bits per heavy atom. The molecule has 1 aromatic carbocycles. The maximum absolute atomic E-state index is 13.0. The number of nitrogens with one attached hydrogen (secondary N) is 1. The second-order valence-corrected chi connectivity index (χ2v) is 8.32. The molecule has 9 heteroatoms. The Hall–Kier alpha value is -2.09. The molecule has 1 atom stereocenters. The molecular weight excluding hydrogens is 431 g/mol. The SMILES string of the molecule is CCC(C)n1c(SCC(=O)Nc2nc(C)c(Cl)cc2Cl)nc2ccccc2c1=O. The lowest BCUT2D eigenvalue weighted by Gasteiger charge is -2.18. The lowest BCUT2D eigenvalue weighted by Crippen LogP contribution is -2.26. The van der Waals surface area contributed by atoms with Gasteiger partial charge in [-0.25, -0.2) is 9.97 Å². The third-order valence-corrected chi connectivity index (χ3v) is 6.13. The molecule has 29 heavy (non-hydrogen) atoms. The maximum atomic E-state index is 13.0. The van der Waals surface area contributed by atoms with Crippen molar-refractivity contribution in [1.82, 2.24) is 14.5 Å². The number of hydrogen-bond donors (Lipinski definition) is 1. The first-order valence-electron chi connectivity index (χ1n) is 9.08. The van der Waals surface area contributed by atoms with Crippen LogP contribution in [-0.4, -0.2) is 26.2 Å². The van der Waals surface area contributed by atoms with E-state index in [9.17, 15) is 9.59 Å². The number of nitrogens with zero attached hydrogens (tertiary/aromatic N) is 3. The standard InChI is InChI=1S/C20H20Cl2N4O2S/c1-4-11(2)26-19(28)13-7-5-6-8-16(13)24-20(26)29-10-17(27)25-18-15(22)9-14(21)12(3)23-18/h5-9,11H,4,10H2,1-3H3,(H,23,25,27). The topological polar surface area (TPSA) is 76.9 Å². The number of aromatic nitrogens is 3. The van der Waals surface area contributed by atoms with Crippen LogP contribution in [0.1, 0.15) is 32.0 Å². The van der Waals surface area contributed by atoms with Gasteiger partial charge in [0.25, 0.3) is 5.56 Å². The monoisotopic (exact) mass is 450 g/mol. The summed E-state index contributed by atoms with van der Waals surface area (Å²) in [6.45, 7) is 5.69. The fourth-order valence-electron chi connectivity index (χ4n) is 2.74. The summed E-state index contributed by atoms with van der Waals surface area (Å²) in [5.74, 6) is 0.00940. The van der Waals surface area contributed by atoms with Crippen LogP contribution < -0.4 is 10.9 Å². The normalized spacial score (nSPS) is 12.2. The number of carbonyl (C=O) groups is 1. The van der Waals surface area contributed by atoms with Gasteiger partial charge in [0.15, 0.2) is 11.0 Å². The highest BCUT2D eigenvalue weighted by Gasteiger charge is 2.17. The highest BCUT2D eigenvalue weighted by atomic mass is 35.5. The van der Waals surface area contributed by atoms with Gasteiger partial charge in [0.2, 0.25) is 5.91 Å². The average Bonchev–Trinajstić information content (AvgIpc) is 2.70. The first kappa shape index (κ1) is 21.6. The van der Waals surface area contributed by atoms with Gasteiger partial charge in [-0.15, -0.1) is 0 Å². The summed E-state index contributed by atoms with van der Waals surface area (Å²) in [4.78, 5) is 34.2. The van der Waals surface area contributed by atoms with Gasteiger partial charge < -0.3 is 5.32 Å². The van der Waals surface area contributed by atoms with Gasteiger partial charge in [0, 0.05) is 6.04 Å². The molecule has 0 radical (unpaired) electrons. The van der Waals surface area contributed by atoms with Crippen molar-refractivity contribution in [2.45, 2.75) is 38.4 Å². The summed E-state index contributed by atoms with van der Waals surface area (Å²) in [6.07, 6.45) is 0.767. The van der Waals surface area contributed by atoms with Crippen LogP contribution in [0.25, 0.3) is 10.9 Å². The summed E-state index contributed by atoms with van der Waals surface area (Å²) in [7, 11) is 0. The fourth-order valence-corrected chi connectivity index (χ4v) is 4.05. The molecule has 0 spiro atoms. The molecule has 0 aliphatic carbocycles. The van der Waals surface area contributed by atoms with Crippen LogP contribution in [0.2, 0.25) is 10.0 Å². The molecule has 2 heterocycles. The Kier molecular flexibility index (Phi) is 6.82. The fraction of sp³-hybridized carbons (Fsp3) is 0.300. The molecule has 0 bridgehead atoms. The Labute approximate surface area is 182 Å². The Morgan fingerprint density at radius 1 is 1.24 bits per heavy atom. The van der Waals surface area contributed by atoms with Crippen LogP contribution in [0, 0.1) is 6.92 Å². The van der Waals surface area contributed by atoms with Crippen LogP contribution in [-0.2, 0) is 4.79 Å². The van der Waals surface area contributed by atoms with Gasteiger partial charge >= 0.3 is 0 Å². The second-order valence-electron chi connectivity index (χ2n) is 6.57. The molecule has 2 aromatic heterocycles. The molecule has 0 fully saturated rings. The van der Waals surface area contributed by atoms with E-state index < -0.39 is 0 Å². The minimum absolute atomic E-state index is 0.0415. The molecular formula is C20H20Cl2N4O2S. The Bertz CT molecular complexity index is 1130. The van der Waals surface area contributed by atoms with E-state index in [0.29, 0.717) is 26.8 Å². The van der Waals surface area contributed by atoms with Gasteiger partial charge in [-0.3, -0.25) is 14.2 Å². The molecule has 3 rings (SSSR count). The average molecular weight is 451 g/mol. The summed E-state index contributed by atoms with van der Waals surface area (Å²) in [5, 5.41) is 4.45. The minimum atomic E-state index is -0.302. The number of amides is 1. The molecule has 6 nitrogen and oxygen atoms in total. The zero-order chi connectivity index (χ0) is 21.1. The highest BCUT2D eigenvalue weighted by Crippen LogP contribution is 2.26. The molecule has 3 aromatic rings. The number of pyridine rings is 1. The van der Waals surface area contributed by atoms with Gasteiger partial charge in [-0.05, 0) is 38.5 Å².